The largest absolute Gasteiger partial charge is 0.387 e. The van der Waals surface area contributed by atoms with Crippen molar-refractivity contribution in [1.29, 1.82) is 0 Å². The van der Waals surface area contributed by atoms with Crippen LogP contribution in [0.1, 0.15) is 34.6 Å². The predicted molar refractivity (Wildman–Crippen MR) is 80.6 cm³/mol. The minimum Gasteiger partial charge on any atom is -0.387 e. The van der Waals surface area contributed by atoms with Crippen molar-refractivity contribution in [3.05, 3.63) is 35.2 Å². The third-order valence-corrected chi connectivity index (χ3v) is 4.08. The van der Waals surface area contributed by atoms with Crippen LogP contribution >= 0.6 is 0 Å². The molecule has 0 amide bonds. The summed E-state index contributed by atoms with van der Waals surface area (Å²) in [6.45, 7) is 11.1. The number of carbonyl (C=O) groups is 1. The van der Waals surface area contributed by atoms with Gasteiger partial charge in [-0.15, -0.1) is 0 Å². The third-order valence-electron chi connectivity index (χ3n) is 4.08. The van der Waals surface area contributed by atoms with Gasteiger partial charge in [0.25, 0.3) is 0 Å². The van der Waals surface area contributed by atoms with E-state index in [1.807, 2.05) is 32.2 Å². The molecule has 3 heteroatoms. The second-order valence-electron chi connectivity index (χ2n) is 5.96. The number of Topliss-reactive ketones (excluding diaryl/α,β-unsaturated/α-hetero) is 1. The number of rotatable bonds is 5. The Hall–Kier alpha value is -1.51. The molecular weight excluding hydrogens is 236 g/mol. The third kappa shape index (κ3) is 3.49. The van der Waals surface area contributed by atoms with Crippen molar-refractivity contribution in [1.82, 2.24) is 10.6 Å². The van der Waals surface area contributed by atoms with Crippen molar-refractivity contribution in [3.63, 3.8) is 0 Å². The Morgan fingerprint density at radius 2 is 2.11 bits per heavy atom. The lowest BCUT2D eigenvalue weighted by Crippen LogP contribution is -2.35. The fraction of sp³-hybridized carbons (Fsp3) is 0.562. The Labute approximate surface area is 116 Å². The fourth-order valence-electron chi connectivity index (χ4n) is 1.79. The van der Waals surface area contributed by atoms with Crippen molar-refractivity contribution in [3.8, 4) is 0 Å². The molecule has 0 aromatic rings. The van der Waals surface area contributed by atoms with Gasteiger partial charge in [-0.05, 0) is 42.3 Å². The number of carbonyl (C=O) groups excluding carboxylic acids is 1. The molecule has 0 aromatic carbocycles. The molecule has 19 heavy (non-hydrogen) atoms. The van der Waals surface area contributed by atoms with Crippen LogP contribution in [-0.2, 0) is 4.79 Å². The molecule has 0 bridgehead atoms. The Balaban J connectivity index is 3.08. The van der Waals surface area contributed by atoms with Crippen LogP contribution in [0, 0.1) is 11.3 Å². The Morgan fingerprint density at radius 3 is 2.58 bits per heavy atom. The maximum absolute atomic E-state index is 12.6. The molecule has 0 radical (unpaired) electrons. The van der Waals surface area contributed by atoms with Crippen LogP contribution in [0.25, 0.3) is 0 Å². The van der Waals surface area contributed by atoms with Gasteiger partial charge in [0.15, 0.2) is 5.78 Å². The van der Waals surface area contributed by atoms with E-state index in [0.717, 1.165) is 12.1 Å². The van der Waals surface area contributed by atoms with Gasteiger partial charge in [-0.2, -0.15) is 0 Å². The molecule has 1 rings (SSSR count). The van der Waals surface area contributed by atoms with E-state index in [1.165, 1.54) is 5.57 Å². The molecule has 106 valence electrons. The lowest BCUT2D eigenvalue weighted by atomic mass is 9.76. The van der Waals surface area contributed by atoms with E-state index in [-0.39, 0.29) is 11.2 Å². The van der Waals surface area contributed by atoms with Crippen LogP contribution in [0.15, 0.2) is 35.2 Å². The number of hydrogen-bond donors (Lipinski definition) is 2. The lowest BCUT2D eigenvalue weighted by molar-refractivity contribution is -0.125. The number of ketones is 1. The minimum absolute atomic E-state index is 0.164. The van der Waals surface area contributed by atoms with E-state index in [1.54, 1.807) is 7.05 Å². The number of nitrogens with one attached hydrogen (secondary N) is 2. The van der Waals surface area contributed by atoms with E-state index in [9.17, 15) is 4.79 Å². The van der Waals surface area contributed by atoms with E-state index >= 15 is 0 Å². The van der Waals surface area contributed by atoms with Gasteiger partial charge in [-0.1, -0.05) is 27.7 Å². The van der Waals surface area contributed by atoms with Crippen molar-refractivity contribution in [2.75, 3.05) is 13.6 Å². The molecule has 3 nitrogen and oxygen atoms in total. The van der Waals surface area contributed by atoms with Gasteiger partial charge in [-0.25, -0.2) is 0 Å². The molecule has 0 saturated carbocycles. The average molecular weight is 262 g/mol. The summed E-state index contributed by atoms with van der Waals surface area (Å²) in [7, 11) is 1.81. The Kier molecular flexibility index (Phi) is 4.98. The summed E-state index contributed by atoms with van der Waals surface area (Å²) in [5.41, 5.74) is 2.67. The summed E-state index contributed by atoms with van der Waals surface area (Å²) in [6.07, 6.45) is 5.88. The summed E-state index contributed by atoms with van der Waals surface area (Å²) in [4.78, 5) is 12.6. The van der Waals surface area contributed by atoms with Crippen LogP contribution in [0.4, 0.5) is 0 Å². The highest BCUT2D eigenvalue weighted by Crippen LogP contribution is 2.30. The van der Waals surface area contributed by atoms with Gasteiger partial charge in [0, 0.05) is 19.0 Å². The predicted octanol–water partition coefficient (Wildman–Crippen LogP) is 2.77. The molecule has 0 fully saturated rings. The maximum atomic E-state index is 12.6. The van der Waals surface area contributed by atoms with E-state index in [4.69, 9.17) is 0 Å². The summed E-state index contributed by atoms with van der Waals surface area (Å²) in [5, 5.41) is 6.21. The zero-order valence-corrected chi connectivity index (χ0v) is 12.9. The van der Waals surface area contributed by atoms with E-state index in [0.29, 0.717) is 11.6 Å². The molecule has 1 aliphatic rings. The normalized spacial score (nSPS) is 16.7. The zero-order chi connectivity index (χ0) is 14.6. The highest BCUT2D eigenvalue weighted by molar-refractivity contribution is 5.99. The minimum atomic E-state index is -0.361. The highest BCUT2D eigenvalue weighted by atomic mass is 16.1. The SMILES string of the molecule is CN/C(=C\C1=C(C)CNC=C1)C(=O)C(C)(C)C(C)C. The topological polar surface area (TPSA) is 41.1 Å². The molecule has 0 spiro atoms. The second-order valence-corrected chi connectivity index (χ2v) is 5.96. The number of dihydropyridines is 1. The monoisotopic (exact) mass is 262 g/mol. The van der Waals surface area contributed by atoms with Crippen LogP contribution in [0.5, 0.6) is 0 Å². The first kappa shape index (κ1) is 15.5. The van der Waals surface area contributed by atoms with Crippen LogP contribution in [0.2, 0.25) is 0 Å². The summed E-state index contributed by atoms with van der Waals surface area (Å²) < 4.78 is 0. The average Bonchev–Trinajstić information content (AvgIpc) is 2.36. The molecule has 0 unspecified atom stereocenters. The lowest BCUT2D eigenvalue weighted by Gasteiger charge is -2.28. The van der Waals surface area contributed by atoms with Gasteiger partial charge in [0.05, 0.1) is 5.70 Å². The van der Waals surface area contributed by atoms with E-state index in [2.05, 4.69) is 31.4 Å². The smallest absolute Gasteiger partial charge is 0.184 e. The maximum Gasteiger partial charge on any atom is 0.184 e. The van der Waals surface area contributed by atoms with Crippen molar-refractivity contribution < 1.29 is 4.79 Å². The highest BCUT2D eigenvalue weighted by Gasteiger charge is 2.33. The standard InChI is InChI=1S/C16H26N2O/c1-11(2)16(4,5)15(19)14(17-6)9-13-7-8-18-10-12(13)3/h7-9,11,17-18H,10H2,1-6H3/b14-9-. The van der Waals surface area contributed by atoms with Crippen molar-refractivity contribution in [2.45, 2.75) is 34.6 Å². The molecule has 0 aliphatic carbocycles. The van der Waals surface area contributed by atoms with E-state index < -0.39 is 0 Å². The molecule has 2 N–H and O–H groups in total. The number of likely N-dealkylation sites (N-methyl/N-ethyl adjacent to an activating group) is 1. The molecule has 1 aliphatic heterocycles. The van der Waals surface area contributed by atoms with Gasteiger partial charge in [0.1, 0.15) is 0 Å². The summed E-state index contributed by atoms with van der Waals surface area (Å²) in [5.74, 6) is 0.465. The summed E-state index contributed by atoms with van der Waals surface area (Å²) >= 11 is 0. The molecular formula is C16H26N2O. The van der Waals surface area contributed by atoms with Crippen molar-refractivity contribution in [2.24, 2.45) is 11.3 Å². The Morgan fingerprint density at radius 1 is 1.47 bits per heavy atom. The van der Waals surface area contributed by atoms with Crippen molar-refractivity contribution >= 4 is 5.78 Å². The van der Waals surface area contributed by atoms with Gasteiger partial charge < -0.3 is 10.6 Å². The first-order valence-electron chi connectivity index (χ1n) is 6.84. The molecule has 1 heterocycles. The molecule has 0 aromatic heterocycles. The van der Waals surface area contributed by atoms with Gasteiger partial charge in [0.2, 0.25) is 0 Å². The van der Waals surface area contributed by atoms with Gasteiger partial charge in [-0.3, -0.25) is 4.79 Å². The second kappa shape index (κ2) is 6.09. The van der Waals surface area contributed by atoms with Crippen LogP contribution in [-0.4, -0.2) is 19.4 Å². The zero-order valence-electron chi connectivity index (χ0n) is 12.9. The molecule has 0 saturated heterocycles. The quantitative estimate of drug-likeness (QED) is 0.749. The first-order valence-corrected chi connectivity index (χ1v) is 6.84. The number of hydrogen-bond acceptors (Lipinski definition) is 3. The number of allylic oxidation sites excluding steroid dienone is 4. The first-order chi connectivity index (χ1) is 8.80. The van der Waals surface area contributed by atoms with Gasteiger partial charge >= 0.3 is 0 Å². The molecule has 0 atom stereocenters. The fourth-order valence-corrected chi connectivity index (χ4v) is 1.79. The Bertz CT molecular complexity index is 440. The van der Waals surface area contributed by atoms with Crippen LogP contribution < -0.4 is 10.6 Å². The van der Waals surface area contributed by atoms with Crippen LogP contribution in [0.3, 0.4) is 0 Å². The summed E-state index contributed by atoms with van der Waals surface area (Å²) in [6, 6.07) is 0.